The molecule has 1 aromatic heterocycles. The summed E-state index contributed by atoms with van der Waals surface area (Å²) >= 11 is 5.13. The summed E-state index contributed by atoms with van der Waals surface area (Å²) in [5.41, 5.74) is 1.77. The Labute approximate surface area is 171 Å². The number of phenolic OH excluding ortho intramolecular Hbond substituents is 1. The average molecular weight is 411 g/mol. The van der Waals surface area contributed by atoms with Crippen molar-refractivity contribution in [2.75, 3.05) is 5.32 Å². The van der Waals surface area contributed by atoms with E-state index in [0.717, 1.165) is 12.0 Å². The number of nitrogens with one attached hydrogen (secondary N) is 2. The zero-order chi connectivity index (χ0) is 21.0. The predicted octanol–water partition coefficient (Wildman–Crippen LogP) is 4.25. The van der Waals surface area contributed by atoms with Gasteiger partial charge in [-0.1, -0.05) is 25.1 Å². The Bertz CT molecular complexity index is 1090. The second-order valence-electron chi connectivity index (χ2n) is 6.08. The van der Waals surface area contributed by atoms with Crippen molar-refractivity contribution in [3.05, 3.63) is 76.0 Å². The number of carbonyl (C=O) groups excluding carboxylic acids is 1. The van der Waals surface area contributed by atoms with Crippen molar-refractivity contribution in [2.45, 2.75) is 13.3 Å². The number of benzene rings is 2. The van der Waals surface area contributed by atoms with E-state index >= 15 is 0 Å². The highest BCUT2D eigenvalue weighted by Crippen LogP contribution is 2.26. The zero-order valence-electron chi connectivity index (χ0n) is 15.3. The molecule has 3 rings (SSSR count). The first-order chi connectivity index (χ1) is 13.9. The standard InChI is InChI=1S/C20H17N3O5S/c1-2-12-6-7-16(24)15(10-12)21-20(29)22-19(25)18-9-8-17(28-18)13-4-3-5-14(11-13)23(26)27/h3-11,24H,2H2,1H3,(H2,21,22,25,29). The molecule has 0 radical (unpaired) electrons. The molecule has 0 aliphatic heterocycles. The molecule has 29 heavy (non-hydrogen) atoms. The van der Waals surface area contributed by atoms with Crippen molar-refractivity contribution < 1.29 is 19.2 Å². The van der Waals surface area contributed by atoms with Crippen molar-refractivity contribution >= 4 is 34.6 Å². The van der Waals surface area contributed by atoms with Gasteiger partial charge in [0, 0.05) is 17.7 Å². The van der Waals surface area contributed by atoms with Gasteiger partial charge in [-0.25, -0.2) is 0 Å². The second-order valence-corrected chi connectivity index (χ2v) is 6.49. The number of hydrogen-bond acceptors (Lipinski definition) is 6. The fraction of sp³-hybridized carbons (Fsp3) is 0.100. The predicted molar refractivity (Wildman–Crippen MR) is 112 cm³/mol. The summed E-state index contributed by atoms with van der Waals surface area (Å²) < 4.78 is 5.51. The molecule has 0 saturated carbocycles. The topological polar surface area (TPSA) is 118 Å². The van der Waals surface area contributed by atoms with Gasteiger partial charge in [0.2, 0.25) is 0 Å². The highest BCUT2D eigenvalue weighted by molar-refractivity contribution is 7.80. The number of anilines is 1. The van der Waals surface area contributed by atoms with E-state index in [9.17, 15) is 20.0 Å². The molecule has 0 unspecified atom stereocenters. The van der Waals surface area contributed by atoms with E-state index in [1.54, 1.807) is 30.3 Å². The van der Waals surface area contributed by atoms with Gasteiger partial charge in [-0.3, -0.25) is 20.2 Å². The van der Waals surface area contributed by atoms with Gasteiger partial charge in [0.15, 0.2) is 10.9 Å². The molecule has 0 saturated heterocycles. The van der Waals surface area contributed by atoms with Crippen LogP contribution >= 0.6 is 12.2 Å². The summed E-state index contributed by atoms with van der Waals surface area (Å²) in [6.07, 6.45) is 0.779. The molecule has 0 aliphatic rings. The monoisotopic (exact) mass is 411 g/mol. The summed E-state index contributed by atoms with van der Waals surface area (Å²) in [7, 11) is 0. The Hall–Kier alpha value is -3.72. The smallest absolute Gasteiger partial charge is 0.293 e. The van der Waals surface area contributed by atoms with Crippen molar-refractivity contribution in [1.29, 1.82) is 0 Å². The molecular formula is C20H17N3O5S. The number of aromatic hydroxyl groups is 1. The van der Waals surface area contributed by atoms with Crippen molar-refractivity contribution in [3.8, 4) is 17.1 Å². The maximum Gasteiger partial charge on any atom is 0.293 e. The number of amides is 1. The lowest BCUT2D eigenvalue weighted by molar-refractivity contribution is -0.384. The first-order valence-electron chi connectivity index (χ1n) is 8.66. The van der Waals surface area contributed by atoms with Crippen LogP contribution in [0, 0.1) is 10.1 Å². The summed E-state index contributed by atoms with van der Waals surface area (Å²) in [4.78, 5) is 22.8. The number of aryl methyl sites for hydroxylation is 1. The third kappa shape index (κ3) is 4.77. The Kier molecular flexibility index (Phi) is 5.89. The summed E-state index contributed by atoms with van der Waals surface area (Å²) in [6, 6.07) is 14.0. The Balaban J connectivity index is 1.70. The fourth-order valence-corrected chi connectivity index (χ4v) is 2.81. The minimum atomic E-state index is -0.592. The van der Waals surface area contributed by atoms with Gasteiger partial charge in [-0.05, 0) is 48.5 Å². The average Bonchev–Trinajstić information content (AvgIpc) is 3.20. The molecule has 0 atom stereocenters. The van der Waals surface area contributed by atoms with Crippen LogP contribution < -0.4 is 10.6 Å². The summed E-state index contributed by atoms with van der Waals surface area (Å²) in [6.45, 7) is 1.98. The van der Waals surface area contributed by atoms with Crippen LogP contribution in [0.1, 0.15) is 23.0 Å². The molecule has 9 heteroatoms. The number of thiocarbonyl (C=S) groups is 1. The molecule has 148 valence electrons. The molecule has 0 aliphatic carbocycles. The number of nitrogens with zero attached hydrogens (tertiary/aromatic N) is 1. The van der Waals surface area contributed by atoms with Crippen LogP contribution in [0.25, 0.3) is 11.3 Å². The van der Waals surface area contributed by atoms with Crippen LogP contribution in [0.5, 0.6) is 5.75 Å². The SMILES string of the molecule is CCc1ccc(O)c(NC(=S)NC(=O)c2ccc(-c3cccc([N+](=O)[O-])c3)o2)c1. The molecule has 3 aromatic rings. The lowest BCUT2D eigenvalue weighted by Gasteiger charge is -2.11. The number of nitro groups is 1. The zero-order valence-corrected chi connectivity index (χ0v) is 16.2. The normalized spacial score (nSPS) is 10.4. The molecule has 3 N–H and O–H groups in total. The maximum atomic E-state index is 12.4. The maximum absolute atomic E-state index is 12.4. The third-order valence-electron chi connectivity index (χ3n) is 4.12. The summed E-state index contributed by atoms with van der Waals surface area (Å²) in [5, 5.41) is 26.1. The van der Waals surface area contributed by atoms with E-state index in [4.69, 9.17) is 16.6 Å². The molecule has 1 heterocycles. The quantitative estimate of drug-likeness (QED) is 0.249. The van der Waals surface area contributed by atoms with E-state index in [2.05, 4.69) is 10.6 Å². The molecule has 0 spiro atoms. The minimum Gasteiger partial charge on any atom is -0.506 e. The Morgan fingerprint density at radius 1 is 1.21 bits per heavy atom. The highest BCUT2D eigenvalue weighted by Gasteiger charge is 2.16. The van der Waals surface area contributed by atoms with Crippen LogP contribution in [0.3, 0.4) is 0 Å². The van der Waals surface area contributed by atoms with Crippen molar-refractivity contribution in [2.24, 2.45) is 0 Å². The number of rotatable bonds is 5. The molecule has 0 fully saturated rings. The van der Waals surface area contributed by atoms with Gasteiger partial charge < -0.3 is 14.8 Å². The van der Waals surface area contributed by atoms with Gasteiger partial charge in [0.25, 0.3) is 11.6 Å². The van der Waals surface area contributed by atoms with E-state index in [0.29, 0.717) is 17.0 Å². The number of nitro benzene ring substituents is 1. The van der Waals surface area contributed by atoms with Crippen molar-refractivity contribution in [1.82, 2.24) is 5.32 Å². The minimum absolute atomic E-state index is 0.00440. The molecule has 2 aromatic carbocycles. The molecule has 0 bridgehead atoms. The number of phenols is 1. The fourth-order valence-electron chi connectivity index (χ4n) is 2.61. The largest absolute Gasteiger partial charge is 0.506 e. The first kappa shape index (κ1) is 20.0. The molecule has 8 nitrogen and oxygen atoms in total. The lowest BCUT2D eigenvalue weighted by Crippen LogP contribution is -2.33. The van der Waals surface area contributed by atoms with E-state index in [-0.39, 0.29) is 22.3 Å². The van der Waals surface area contributed by atoms with Gasteiger partial charge in [0.1, 0.15) is 11.5 Å². The number of carbonyl (C=O) groups is 1. The van der Waals surface area contributed by atoms with Gasteiger partial charge in [0.05, 0.1) is 10.6 Å². The van der Waals surface area contributed by atoms with Gasteiger partial charge >= 0.3 is 0 Å². The summed E-state index contributed by atoms with van der Waals surface area (Å²) in [5.74, 6) is -0.289. The van der Waals surface area contributed by atoms with Crippen molar-refractivity contribution in [3.63, 3.8) is 0 Å². The molecule has 1 amide bonds. The van der Waals surface area contributed by atoms with Crippen LogP contribution in [-0.4, -0.2) is 21.0 Å². The van der Waals surface area contributed by atoms with Gasteiger partial charge in [-0.15, -0.1) is 0 Å². The van der Waals surface area contributed by atoms with E-state index in [1.807, 2.05) is 6.92 Å². The molecular weight excluding hydrogens is 394 g/mol. The van der Waals surface area contributed by atoms with Crippen LogP contribution in [-0.2, 0) is 6.42 Å². The van der Waals surface area contributed by atoms with E-state index in [1.165, 1.54) is 24.3 Å². The highest BCUT2D eigenvalue weighted by atomic mass is 32.1. The van der Waals surface area contributed by atoms with Crippen LogP contribution in [0.4, 0.5) is 11.4 Å². The second kappa shape index (κ2) is 8.53. The number of hydrogen-bond donors (Lipinski definition) is 3. The van der Waals surface area contributed by atoms with Crippen LogP contribution in [0.2, 0.25) is 0 Å². The van der Waals surface area contributed by atoms with Gasteiger partial charge in [-0.2, -0.15) is 0 Å². The number of furan rings is 1. The van der Waals surface area contributed by atoms with Crippen LogP contribution in [0.15, 0.2) is 59.0 Å². The lowest BCUT2D eigenvalue weighted by atomic mass is 10.1. The first-order valence-corrected chi connectivity index (χ1v) is 9.07. The third-order valence-corrected chi connectivity index (χ3v) is 4.32. The van der Waals surface area contributed by atoms with E-state index < -0.39 is 10.8 Å². The Morgan fingerprint density at radius 2 is 2.00 bits per heavy atom. The number of non-ortho nitro benzene ring substituents is 1. The Morgan fingerprint density at radius 3 is 2.72 bits per heavy atom.